The summed E-state index contributed by atoms with van der Waals surface area (Å²) < 4.78 is 42.2. The number of ether oxygens (including phenoxy) is 2. The Bertz CT molecular complexity index is 1730. The quantitative estimate of drug-likeness (QED) is 0.274. The average molecular weight is 601 g/mol. The maximum atomic E-state index is 16.5. The Morgan fingerprint density at radius 1 is 1.32 bits per heavy atom. The molecule has 3 heterocycles. The molecule has 13 heteroatoms. The van der Waals surface area contributed by atoms with Gasteiger partial charge in [0, 0.05) is 42.0 Å². The molecule has 0 radical (unpaired) electrons. The molecule has 1 saturated heterocycles. The van der Waals surface area contributed by atoms with E-state index in [0.29, 0.717) is 24.3 Å². The summed E-state index contributed by atoms with van der Waals surface area (Å²) in [6.45, 7) is 9.16. The number of fused-ring (bicyclic) bond motifs is 2. The molecule has 5 rings (SSSR count). The van der Waals surface area contributed by atoms with E-state index in [4.69, 9.17) is 21.1 Å². The molecule has 214 valence electrons. The van der Waals surface area contributed by atoms with Crippen LogP contribution in [0.15, 0.2) is 18.2 Å². The van der Waals surface area contributed by atoms with Crippen LogP contribution in [0.5, 0.6) is 6.01 Å². The summed E-state index contributed by atoms with van der Waals surface area (Å²) in [7, 11) is 1.40. The van der Waals surface area contributed by atoms with E-state index >= 15 is 8.78 Å². The van der Waals surface area contributed by atoms with E-state index in [0.717, 1.165) is 17.9 Å². The van der Waals surface area contributed by atoms with Crippen LogP contribution in [-0.2, 0) is 4.74 Å². The Hall–Kier alpha value is -3.79. The van der Waals surface area contributed by atoms with Crippen LogP contribution in [0.1, 0.15) is 33.3 Å². The van der Waals surface area contributed by atoms with Crippen molar-refractivity contribution in [2.45, 2.75) is 39.3 Å². The van der Waals surface area contributed by atoms with E-state index in [2.05, 4.69) is 20.6 Å². The van der Waals surface area contributed by atoms with Crippen molar-refractivity contribution in [2.24, 2.45) is 0 Å². The fourth-order valence-corrected chi connectivity index (χ4v) is 6.21. The summed E-state index contributed by atoms with van der Waals surface area (Å²) >= 11 is 7.59. The second-order valence-corrected chi connectivity index (χ2v) is 12.0. The third kappa shape index (κ3) is 5.32. The van der Waals surface area contributed by atoms with Gasteiger partial charge < -0.3 is 19.7 Å². The van der Waals surface area contributed by atoms with Gasteiger partial charge in [0.05, 0.1) is 22.4 Å². The molecule has 0 saturated carbocycles. The van der Waals surface area contributed by atoms with Gasteiger partial charge in [0.15, 0.2) is 5.82 Å². The maximum Gasteiger partial charge on any atom is 0.412 e. The minimum atomic E-state index is -0.809. The van der Waals surface area contributed by atoms with Crippen molar-refractivity contribution in [3.8, 4) is 23.2 Å². The van der Waals surface area contributed by atoms with Gasteiger partial charge in [-0.05, 0) is 45.4 Å². The van der Waals surface area contributed by atoms with E-state index in [9.17, 15) is 10.1 Å². The largest absolute Gasteiger partial charge is 0.467 e. The van der Waals surface area contributed by atoms with Crippen LogP contribution in [0.3, 0.4) is 0 Å². The van der Waals surface area contributed by atoms with Gasteiger partial charge in [0.2, 0.25) is 0 Å². The molecule has 0 bridgehead atoms. The van der Waals surface area contributed by atoms with E-state index in [1.54, 1.807) is 26.8 Å². The van der Waals surface area contributed by atoms with E-state index in [1.807, 2.05) is 17.9 Å². The molecule has 2 N–H and O–H groups in total. The zero-order chi connectivity index (χ0) is 29.6. The van der Waals surface area contributed by atoms with Crippen molar-refractivity contribution in [1.29, 1.82) is 5.26 Å². The van der Waals surface area contributed by atoms with Crippen LogP contribution in [0, 0.1) is 23.0 Å². The third-order valence-electron chi connectivity index (χ3n) is 6.58. The highest BCUT2D eigenvalue weighted by Gasteiger charge is 2.29. The summed E-state index contributed by atoms with van der Waals surface area (Å²) in [5, 5.41) is 16.5. The van der Waals surface area contributed by atoms with Gasteiger partial charge in [-0.25, -0.2) is 13.6 Å². The number of nitriles is 1. The highest BCUT2D eigenvalue weighted by atomic mass is 35.5. The molecule has 1 atom stereocenters. The number of methoxy groups -OCH3 is 1. The molecule has 2 aromatic heterocycles. The van der Waals surface area contributed by atoms with Crippen molar-refractivity contribution >= 4 is 60.8 Å². The van der Waals surface area contributed by atoms with Crippen molar-refractivity contribution < 1.29 is 23.0 Å². The van der Waals surface area contributed by atoms with Gasteiger partial charge in [0.25, 0.3) is 0 Å². The summed E-state index contributed by atoms with van der Waals surface area (Å²) in [4.78, 5) is 23.3. The zero-order valence-corrected chi connectivity index (χ0v) is 24.6. The van der Waals surface area contributed by atoms with Gasteiger partial charge in [-0.3, -0.25) is 5.32 Å². The van der Waals surface area contributed by atoms with E-state index in [1.165, 1.54) is 19.2 Å². The molecular formula is C28H27ClF2N6O3S. The minimum absolute atomic E-state index is 0.0215. The molecular weight excluding hydrogens is 574 g/mol. The fourth-order valence-electron chi connectivity index (χ4n) is 4.84. The van der Waals surface area contributed by atoms with E-state index in [-0.39, 0.29) is 54.4 Å². The molecule has 0 aliphatic carbocycles. The van der Waals surface area contributed by atoms with Crippen LogP contribution >= 0.6 is 22.9 Å². The molecule has 4 aromatic rings. The lowest BCUT2D eigenvalue weighted by atomic mass is 9.97. The van der Waals surface area contributed by atoms with Crippen LogP contribution in [-0.4, -0.2) is 54.4 Å². The van der Waals surface area contributed by atoms with Gasteiger partial charge in [-0.15, -0.1) is 11.3 Å². The van der Waals surface area contributed by atoms with Crippen LogP contribution in [0.2, 0.25) is 5.02 Å². The number of thiophene rings is 1. The number of hydrogen-bond donors (Lipinski definition) is 2. The second-order valence-electron chi connectivity index (χ2n) is 10.6. The first-order valence-electron chi connectivity index (χ1n) is 12.8. The normalized spacial score (nSPS) is 15.7. The number of carbonyl (C=O) groups is 1. The molecule has 1 aliphatic heterocycles. The Morgan fingerprint density at radius 3 is 2.73 bits per heavy atom. The summed E-state index contributed by atoms with van der Waals surface area (Å²) in [5.74, 6) is -0.935. The van der Waals surface area contributed by atoms with Crippen LogP contribution < -0.4 is 20.3 Å². The molecule has 1 amide bonds. The number of aromatic nitrogens is 2. The second kappa shape index (κ2) is 10.9. The lowest BCUT2D eigenvalue weighted by Gasteiger charge is -2.35. The number of carbonyl (C=O) groups excluding carboxylic acids is 1. The number of amides is 1. The van der Waals surface area contributed by atoms with Crippen molar-refractivity contribution in [2.75, 3.05) is 37.0 Å². The average Bonchev–Trinajstić information content (AvgIpc) is 3.27. The molecule has 2 aromatic carbocycles. The number of nitrogens with one attached hydrogen (secondary N) is 2. The topological polar surface area (TPSA) is 112 Å². The predicted octanol–water partition coefficient (Wildman–Crippen LogP) is 6.47. The standard InChI is InChI=1S/C28H27ClF2N6O3S/c1-13-12-33-8-9-37(13)24-15-10-17(29)20(21(31)22(15)34-26(35-24)39-5)14-6-7-18(30)23-19(14)16(11-32)25(41-23)36-27(38)40-28(2,3)4/h6-7,10,13,33H,8-9,12H2,1-5H3,(H,36,38)/t13-/m0/s1. The summed E-state index contributed by atoms with van der Waals surface area (Å²) in [5.41, 5.74) is -0.768. The Kier molecular flexibility index (Phi) is 7.63. The molecule has 41 heavy (non-hydrogen) atoms. The highest BCUT2D eigenvalue weighted by Crippen LogP contribution is 2.46. The molecule has 9 nitrogen and oxygen atoms in total. The third-order valence-corrected chi connectivity index (χ3v) is 8.00. The van der Waals surface area contributed by atoms with Gasteiger partial charge in [-0.1, -0.05) is 17.7 Å². The lowest BCUT2D eigenvalue weighted by molar-refractivity contribution is 0.0636. The number of hydrogen-bond acceptors (Lipinski definition) is 9. The lowest BCUT2D eigenvalue weighted by Crippen LogP contribution is -2.50. The first-order valence-corrected chi connectivity index (χ1v) is 14.0. The number of nitrogens with zero attached hydrogens (tertiary/aromatic N) is 4. The summed E-state index contributed by atoms with van der Waals surface area (Å²) in [6, 6.07) is 6.16. The van der Waals surface area contributed by atoms with Crippen LogP contribution in [0.25, 0.3) is 32.1 Å². The Morgan fingerprint density at radius 2 is 2.07 bits per heavy atom. The molecule has 1 fully saturated rings. The number of piperazine rings is 1. The number of anilines is 2. The Balaban J connectivity index is 1.73. The molecule has 1 aliphatic rings. The first kappa shape index (κ1) is 28.7. The molecule has 0 spiro atoms. The monoisotopic (exact) mass is 600 g/mol. The van der Waals surface area contributed by atoms with E-state index < -0.39 is 23.3 Å². The zero-order valence-electron chi connectivity index (χ0n) is 23.0. The minimum Gasteiger partial charge on any atom is -0.467 e. The molecule has 0 unspecified atom stereocenters. The van der Waals surface area contributed by atoms with Gasteiger partial charge >= 0.3 is 12.1 Å². The smallest absolute Gasteiger partial charge is 0.412 e. The van der Waals surface area contributed by atoms with Crippen molar-refractivity contribution in [1.82, 2.24) is 15.3 Å². The number of benzene rings is 2. The summed E-state index contributed by atoms with van der Waals surface area (Å²) in [6.07, 6.45) is -0.809. The van der Waals surface area contributed by atoms with Crippen molar-refractivity contribution in [3.63, 3.8) is 0 Å². The number of halogens is 3. The van der Waals surface area contributed by atoms with Gasteiger partial charge in [-0.2, -0.15) is 15.2 Å². The fraction of sp³-hybridized carbons (Fsp3) is 0.357. The highest BCUT2D eigenvalue weighted by molar-refractivity contribution is 7.23. The van der Waals surface area contributed by atoms with Crippen LogP contribution in [0.4, 0.5) is 24.4 Å². The van der Waals surface area contributed by atoms with Crippen molar-refractivity contribution in [3.05, 3.63) is 40.4 Å². The predicted molar refractivity (Wildman–Crippen MR) is 156 cm³/mol. The maximum absolute atomic E-state index is 16.5. The van der Waals surface area contributed by atoms with Gasteiger partial charge in [0.1, 0.15) is 33.8 Å². The Labute approximate surface area is 244 Å². The first-order chi connectivity index (χ1) is 19.4. The SMILES string of the molecule is COc1nc(N2CCNC[C@@H]2C)c2cc(Cl)c(-c3ccc(F)c4sc(NC(=O)OC(C)(C)C)c(C#N)c34)c(F)c2n1. The number of rotatable bonds is 4.